The Morgan fingerprint density at radius 2 is 1.92 bits per heavy atom. The minimum Gasteiger partial charge on any atom is -0.489 e. The van der Waals surface area contributed by atoms with Gasteiger partial charge in [0.1, 0.15) is 11.9 Å². The van der Waals surface area contributed by atoms with E-state index in [1.54, 1.807) is 34.9 Å². The first kappa shape index (κ1) is 17.8. The number of pyridine rings is 1. The third-order valence-corrected chi connectivity index (χ3v) is 7.29. The van der Waals surface area contributed by atoms with Crippen LogP contribution >= 0.6 is 11.6 Å². The van der Waals surface area contributed by atoms with Crippen molar-refractivity contribution >= 4 is 21.6 Å². The zero-order chi connectivity index (χ0) is 18.1. The largest absolute Gasteiger partial charge is 0.489 e. The fourth-order valence-electron chi connectivity index (χ4n) is 4.16. The van der Waals surface area contributed by atoms with Crippen LogP contribution in [-0.4, -0.2) is 35.9 Å². The van der Waals surface area contributed by atoms with Crippen molar-refractivity contribution in [3.05, 3.63) is 59.4 Å². The highest BCUT2D eigenvalue weighted by molar-refractivity contribution is 7.88. The highest BCUT2D eigenvalue weighted by Crippen LogP contribution is 2.40. The molecule has 0 radical (unpaired) electrons. The summed E-state index contributed by atoms with van der Waals surface area (Å²) in [5.74, 6) is 0.737. The zero-order valence-corrected chi connectivity index (χ0v) is 15.9. The summed E-state index contributed by atoms with van der Waals surface area (Å²) in [4.78, 5) is 4.07. The van der Waals surface area contributed by atoms with E-state index in [0.29, 0.717) is 5.02 Å². The normalized spacial score (nSPS) is 26.0. The topological polar surface area (TPSA) is 59.5 Å². The number of nitrogens with zero attached hydrogens (tertiary/aromatic N) is 2. The second-order valence-corrected chi connectivity index (χ2v) is 9.31. The van der Waals surface area contributed by atoms with Gasteiger partial charge in [0.25, 0.3) is 0 Å². The second kappa shape index (κ2) is 7.18. The number of halogens is 1. The standard InChI is InChI=1S/C19H21ClN2O3S/c20-15-4-1-3-14(9-15)13-26(23,24)22-16-6-7-17(22)11-19(10-16)25-18-5-2-8-21-12-18/h1-5,8-9,12,16-17,19H,6-7,10-11,13H2/t16-,17-/m0/s1. The summed E-state index contributed by atoms with van der Waals surface area (Å²) in [6, 6.07) is 10.8. The number of ether oxygens (including phenoxy) is 1. The monoisotopic (exact) mass is 392 g/mol. The molecule has 2 fully saturated rings. The third kappa shape index (κ3) is 3.72. The van der Waals surface area contributed by atoms with Crippen LogP contribution in [0.15, 0.2) is 48.8 Å². The van der Waals surface area contributed by atoms with Crippen LogP contribution in [0.3, 0.4) is 0 Å². The van der Waals surface area contributed by atoms with Crippen molar-refractivity contribution in [2.75, 3.05) is 0 Å². The van der Waals surface area contributed by atoms with Gasteiger partial charge in [-0.2, -0.15) is 4.31 Å². The van der Waals surface area contributed by atoms with Crippen molar-refractivity contribution in [3.8, 4) is 5.75 Å². The Morgan fingerprint density at radius 3 is 2.58 bits per heavy atom. The molecule has 0 spiro atoms. The van der Waals surface area contributed by atoms with Crippen molar-refractivity contribution in [2.24, 2.45) is 0 Å². The molecule has 0 amide bonds. The lowest BCUT2D eigenvalue weighted by Gasteiger charge is -2.37. The minimum absolute atomic E-state index is 0.00527. The lowest BCUT2D eigenvalue weighted by molar-refractivity contribution is 0.0953. The van der Waals surface area contributed by atoms with Gasteiger partial charge in [0.2, 0.25) is 10.0 Å². The Kier molecular flexibility index (Phi) is 4.90. The molecule has 2 aromatic rings. The van der Waals surface area contributed by atoms with E-state index in [9.17, 15) is 8.42 Å². The van der Waals surface area contributed by atoms with Crippen molar-refractivity contribution in [3.63, 3.8) is 0 Å². The molecule has 2 aliphatic rings. The molecule has 2 bridgehead atoms. The first-order valence-corrected chi connectivity index (χ1v) is 10.8. The SMILES string of the molecule is O=S(=O)(Cc1cccc(Cl)c1)N1[C@H]2CC[C@H]1CC(Oc1cccnc1)C2. The molecular weight excluding hydrogens is 372 g/mol. The van der Waals surface area contributed by atoms with Gasteiger partial charge >= 0.3 is 0 Å². The van der Waals surface area contributed by atoms with E-state index in [1.807, 2.05) is 18.2 Å². The summed E-state index contributed by atoms with van der Waals surface area (Å²) in [7, 11) is -3.38. The van der Waals surface area contributed by atoms with Gasteiger partial charge in [-0.15, -0.1) is 0 Å². The first-order chi connectivity index (χ1) is 12.5. The Morgan fingerprint density at radius 1 is 1.15 bits per heavy atom. The van der Waals surface area contributed by atoms with E-state index in [2.05, 4.69) is 4.98 Å². The molecule has 5 nitrogen and oxygen atoms in total. The van der Waals surface area contributed by atoms with Crippen molar-refractivity contribution in [2.45, 2.75) is 49.6 Å². The quantitative estimate of drug-likeness (QED) is 0.779. The van der Waals surface area contributed by atoms with Gasteiger partial charge in [0, 0.05) is 36.1 Å². The molecule has 1 aromatic heterocycles. The van der Waals surface area contributed by atoms with Crippen LogP contribution in [0.25, 0.3) is 0 Å². The van der Waals surface area contributed by atoms with Crippen LogP contribution < -0.4 is 4.74 Å². The van der Waals surface area contributed by atoms with E-state index < -0.39 is 10.0 Å². The molecular formula is C19H21ClN2O3S. The molecule has 2 saturated heterocycles. The number of hydrogen-bond donors (Lipinski definition) is 0. The van der Waals surface area contributed by atoms with Gasteiger partial charge in [0.15, 0.2) is 0 Å². The molecule has 4 rings (SSSR count). The molecule has 2 aliphatic heterocycles. The van der Waals surface area contributed by atoms with Gasteiger partial charge in [0.05, 0.1) is 11.9 Å². The van der Waals surface area contributed by atoms with Gasteiger partial charge in [-0.25, -0.2) is 8.42 Å². The number of hydrogen-bond acceptors (Lipinski definition) is 4. The molecule has 2 atom stereocenters. The number of sulfonamides is 1. The summed E-state index contributed by atoms with van der Waals surface area (Å²) in [6.07, 6.45) is 6.68. The summed E-state index contributed by atoms with van der Waals surface area (Å²) < 4.78 is 33.8. The summed E-state index contributed by atoms with van der Waals surface area (Å²) >= 11 is 6.00. The minimum atomic E-state index is -3.38. The Bertz CT molecular complexity index is 861. The highest BCUT2D eigenvalue weighted by atomic mass is 35.5. The fourth-order valence-corrected chi connectivity index (χ4v) is 6.41. The fraction of sp³-hybridized carbons (Fsp3) is 0.421. The lowest BCUT2D eigenvalue weighted by atomic mass is 10.0. The molecule has 0 N–H and O–H groups in total. The van der Waals surface area contributed by atoms with Crippen LogP contribution in [0.1, 0.15) is 31.2 Å². The van der Waals surface area contributed by atoms with Crippen molar-refractivity contribution in [1.29, 1.82) is 0 Å². The van der Waals surface area contributed by atoms with Gasteiger partial charge in [-0.3, -0.25) is 4.98 Å². The average molecular weight is 393 g/mol. The number of aromatic nitrogens is 1. The smallest absolute Gasteiger partial charge is 0.218 e. The van der Waals surface area contributed by atoms with Crippen LogP contribution in [0, 0.1) is 0 Å². The molecule has 7 heteroatoms. The number of benzene rings is 1. The van der Waals surface area contributed by atoms with Crippen molar-refractivity contribution in [1.82, 2.24) is 9.29 Å². The molecule has 0 unspecified atom stereocenters. The van der Waals surface area contributed by atoms with Crippen LogP contribution in [0.4, 0.5) is 0 Å². The maximum atomic E-state index is 13.0. The third-order valence-electron chi connectivity index (χ3n) is 5.12. The van der Waals surface area contributed by atoms with E-state index in [-0.39, 0.29) is 23.9 Å². The molecule has 3 heterocycles. The van der Waals surface area contributed by atoms with E-state index in [1.165, 1.54) is 0 Å². The van der Waals surface area contributed by atoms with Crippen LogP contribution in [0.5, 0.6) is 5.75 Å². The molecule has 0 saturated carbocycles. The molecule has 0 aliphatic carbocycles. The predicted octanol–water partition coefficient (Wildman–Crippen LogP) is 3.64. The van der Waals surface area contributed by atoms with Crippen LogP contribution in [-0.2, 0) is 15.8 Å². The molecule has 26 heavy (non-hydrogen) atoms. The maximum Gasteiger partial charge on any atom is 0.218 e. The number of rotatable bonds is 5. The number of fused-ring (bicyclic) bond motifs is 2. The lowest BCUT2D eigenvalue weighted by Crippen LogP contribution is -2.49. The van der Waals surface area contributed by atoms with E-state index in [4.69, 9.17) is 16.3 Å². The Labute approximate surface area is 159 Å². The van der Waals surface area contributed by atoms with Gasteiger partial charge < -0.3 is 4.74 Å². The summed E-state index contributed by atoms with van der Waals surface area (Å²) in [6.45, 7) is 0. The summed E-state index contributed by atoms with van der Waals surface area (Å²) in [5.41, 5.74) is 0.727. The Hall–Kier alpha value is -1.63. The van der Waals surface area contributed by atoms with E-state index in [0.717, 1.165) is 37.0 Å². The number of piperidine rings is 1. The predicted molar refractivity (Wildman–Crippen MR) is 101 cm³/mol. The molecule has 1 aromatic carbocycles. The zero-order valence-electron chi connectivity index (χ0n) is 14.3. The van der Waals surface area contributed by atoms with Gasteiger partial charge in [-0.1, -0.05) is 23.7 Å². The maximum absolute atomic E-state index is 13.0. The van der Waals surface area contributed by atoms with Crippen molar-refractivity contribution < 1.29 is 13.2 Å². The first-order valence-electron chi connectivity index (χ1n) is 8.83. The second-order valence-electron chi connectivity index (χ2n) is 7.00. The highest BCUT2D eigenvalue weighted by Gasteiger charge is 2.47. The van der Waals surface area contributed by atoms with Gasteiger partial charge in [-0.05, 0) is 42.7 Å². The Balaban J connectivity index is 1.47. The summed E-state index contributed by atoms with van der Waals surface area (Å²) in [5, 5.41) is 0.559. The average Bonchev–Trinajstić information content (AvgIpc) is 2.88. The van der Waals surface area contributed by atoms with E-state index >= 15 is 0 Å². The van der Waals surface area contributed by atoms with Crippen LogP contribution in [0.2, 0.25) is 5.02 Å². The molecule has 138 valence electrons.